The molecule has 1 aliphatic rings. The summed E-state index contributed by atoms with van der Waals surface area (Å²) < 4.78 is 24.2. The molecule has 1 fully saturated rings. The van der Waals surface area contributed by atoms with Gasteiger partial charge < -0.3 is 15.3 Å². The number of likely N-dealkylation sites (tertiary alicyclic amines) is 1. The van der Waals surface area contributed by atoms with E-state index in [1.807, 2.05) is 0 Å². The van der Waals surface area contributed by atoms with Gasteiger partial charge in [-0.25, -0.2) is 13.2 Å². The summed E-state index contributed by atoms with van der Waals surface area (Å²) in [4.78, 5) is 36.7. The number of nitrogens with zero attached hydrogens (tertiary/aromatic N) is 1. The van der Waals surface area contributed by atoms with E-state index in [-0.39, 0.29) is 6.54 Å². The Hall–Kier alpha value is -2.42. The average molecular weight is 368 g/mol. The van der Waals surface area contributed by atoms with Crippen LogP contribution in [0.2, 0.25) is 0 Å². The van der Waals surface area contributed by atoms with Gasteiger partial charge >= 0.3 is 11.2 Å². The summed E-state index contributed by atoms with van der Waals surface area (Å²) in [6.45, 7) is 1.61. The van der Waals surface area contributed by atoms with E-state index in [1.54, 1.807) is 30.3 Å². The summed E-state index contributed by atoms with van der Waals surface area (Å²) in [7, 11) is -4.13. The van der Waals surface area contributed by atoms with Gasteiger partial charge in [-0.3, -0.25) is 9.59 Å². The number of rotatable bonds is 5. The van der Waals surface area contributed by atoms with Crippen LogP contribution in [-0.2, 0) is 25.2 Å². The fraction of sp³-hybridized carbons (Fsp3) is 0.438. The van der Waals surface area contributed by atoms with Crippen molar-refractivity contribution < 1.29 is 27.9 Å². The molecule has 1 aromatic carbocycles. The van der Waals surface area contributed by atoms with Crippen molar-refractivity contribution in [1.29, 1.82) is 0 Å². The molecule has 2 amide bonds. The standard InChI is InChI=1S/C16H20N2O6S/c1-11(14(19)18-9-5-8-13(18)15(20)21)17-16(22)25(23,24)10-12-6-3-2-4-7-12/h2-4,6-7,11,13H,5,8-10H2,1H3,(H,17,22)(H,20,21)/t11-,13+/m1/s1. The van der Waals surface area contributed by atoms with Gasteiger partial charge in [0, 0.05) is 6.54 Å². The van der Waals surface area contributed by atoms with E-state index in [9.17, 15) is 22.8 Å². The second-order valence-corrected chi connectivity index (χ2v) is 7.82. The summed E-state index contributed by atoms with van der Waals surface area (Å²) in [5.74, 6) is -2.18. The Morgan fingerprint density at radius 2 is 1.92 bits per heavy atom. The quantitative estimate of drug-likeness (QED) is 0.792. The van der Waals surface area contributed by atoms with Gasteiger partial charge in [-0.1, -0.05) is 30.3 Å². The third-order valence-electron chi connectivity index (χ3n) is 4.01. The molecular formula is C16H20N2O6S. The number of amides is 2. The second kappa shape index (κ2) is 7.64. The smallest absolute Gasteiger partial charge is 0.337 e. The fourth-order valence-corrected chi connectivity index (χ4v) is 3.84. The molecule has 0 radical (unpaired) electrons. The van der Waals surface area contributed by atoms with Crippen molar-refractivity contribution in [3.05, 3.63) is 35.9 Å². The van der Waals surface area contributed by atoms with E-state index < -0.39 is 44.8 Å². The van der Waals surface area contributed by atoms with Gasteiger partial charge in [0.25, 0.3) is 0 Å². The zero-order valence-corrected chi connectivity index (χ0v) is 14.5. The molecule has 0 bridgehead atoms. The number of carboxylic acid groups (broad SMARTS) is 1. The van der Waals surface area contributed by atoms with Crippen LogP contribution in [-0.4, -0.2) is 54.2 Å². The lowest BCUT2D eigenvalue weighted by atomic mass is 10.2. The summed E-state index contributed by atoms with van der Waals surface area (Å²) in [5, 5.41) is 10.0. The van der Waals surface area contributed by atoms with Gasteiger partial charge in [-0.15, -0.1) is 0 Å². The summed E-state index contributed by atoms with van der Waals surface area (Å²) >= 11 is 0. The van der Waals surface area contributed by atoms with E-state index in [0.29, 0.717) is 18.4 Å². The van der Waals surface area contributed by atoms with Gasteiger partial charge in [-0.2, -0.15) is 0 Å². The molecule has 136 valence electrons. The normalized spacial score (nSPS) is 18.6. The molecule has 0 aromatic heterocycles. The highest BCUT2D eigenvalue weighted by Gasteiger charge is 2.37. The van der Waals surface area contributed by atoms with Crippen molar-refractivity contribution in [1.82, 2.24) is 10.2 Å². The Balaban J connectivity index is 2.01. The molecule has 1 aromatic rings. The minimum Gasteiger partial charge on any atom is -0.480 e. The van der Waals surface area contributed by atoms with Crippen molar-refractivity contribution in [2.75, 3.05) is 6.54 Å². The van der Waals surface area contributed by atoms with Crippen LogP contribution in [0.5, 0.6) is 0 Å². The highest BCUT2D eigenvalue weighted by atomic mass is 32.2. The fourth-order valence-electron chi connectivity index (χ4n) is 2.72. The van der Waals surface area contributed by atoms with Gasteiger partial charge in [0.05, 0.1) is 5.75 Å². The van der Waals surface area contributed by atoms with E-state index in [0.717, 1.165) is 4.90 Å². The molecule has 2 rings (SSSR count). The summed E-state index contributed by atoms with van der Waals surface area (Å²) in [5.41, 5.74) is 0.460. The zero-order valence-electron chi connectivity index (χ0n) is 13.7. The number of benzene rings is 1. The van der Waals surface area contributed by atoms with E-state index in [1.165, 1.54) is 6.92 Å². The van der Waals surface area contributed by atoms with E-state index in [2.05, 4.69) is 5.32 Å². The lowest BCUT2D eigenvalue weighted by Gasteiger charge is -2.25. The minimum absolute atomic E-state index is 0.271. The monoisotopic (exact) mass is 368 g/mol. The molecule has 1 saturated heterocycles. The number of aliphatic carboxylic acids is 1. The number of hydrogen-bond donors (Lipinski definition) is 2. The first-order chi connectivity index (χ1) is 11.7. The first-order valence-electron chi connectivity index (χ1n) is 7.83. The van der Waals surface area contributed by atoms with E-state index >= 15 is 0 Å². The minimum atomic E-state index is -4.13. The molecule has 0 aliphatic carbocycles. The van der Waals surface area contributed by atoms with Crippen molar-refractivity contribution in [2.45, 2.75) is 37.6 Å². The number of carboxylic acids is 1. The lowest BCUT2D eigenvalue weighted by Crippen LogP contribution is -2.51. The maximum absolute atomic E-state index is 12.3. The van der Waals surface area contributed by atoms with Crippen LogP contribution < -0.4 is 5.32 Å². The maximum atomic E-state index is 12.3. The second-order valence-electron chi connectivity index (χ2n) is 5.93. The van der Waals surface area contributed by atoms with Crippen LogP contribution in [0, 0.1) is 0 Å². The van der Waals surface area contributed by atoms with Crippen LogP contribution in [0.25, 0.3) is 0 Å². The Kier molecular flexibility index (Phi) is 5.78. The predicted molar refractivity (Wildman–Crippen MR) is 89.4 cm³/mol. The molecule has 0 unspecified atom stereocenters. The molecular weight excluding hydrogens is 348 g/mol. The third kappa shape index (κ3) is 4.56. The number of carbonyl (C=O) groups is 3. The van der Waals surface area contributed by atoms with Crippen molar-refractivity contribution in [3.8, 4) is 0 Å². The van der Waals surface area contributed by atoms with Crippen molar-refractivity contribution >= 4 is 27.0 Å². The average Bonchev–Trinajstić information content (AvgIpc) is 3.04. The first kappa shape index (κ1) is 18.9. The predicted octanol–water partition coefficient (Wildman–Crippen LogP) is 0.775. The van der Waals surface area contributed by atoms with Gasteiger partial charge in [-0.05, 0) is 25.3 Å². The van der Waals surface area contributed by atoms with Gasteiger partial charge in [0.1, 0.15) is 12.1 Å². The number of sulfone groups is 1. The molecule has 0 spiro atoms. The molecule has 1 heterocycles. The van der Waals surface area contributed by atoms with Crippen LogP contribution in [0.4, 0.5) is 4.79 Å². The zero-order chi connectivity index (χ0) is 18.6. The Labute approximate surface area is 145 Å². The van der Waals surface area contributed by atoms with E-state index in [4.69, 9.17) is 5.11 Å². The Bertz CT molecular complexity index is 762. The van der Waals surface area contributed by atoms with Crippen molar-refractivity contribution in [2.24, 2.45) is 0 Å². The third-order valence-corrected chi connectivity index (χ3v) is 5.40. The molecule has 25 heavy (non-hydrogen) atoms. The van der Waals surface area contributed by atoms with Gasteiger partial charge in [0.2, 0.25) is 15.7 Å². The summed E-state index contributed by atoms with van der Waals surface area (Å²) in [6.07, 6.45) is 0.893. The molecule has 9 heteroatoms. The van der Waals surface area contributed by atoms with Crippen LogP contribution in [0.1, 0.15) is 25.3 Å². The SMILES string of the molecule is C[C@@H](NC(=O)S(=O)(=O)Cc1ccccc1)C(=O)N1CCC[C@H]1C(=O)O. The topological polar surface area (TPSA) is 121 Å². The lowest BCUT2D eigenvalue weighted by molar-refractivity contribution is -0.148. The summed E-state index contributed by atoms with van der Waals surface area (Å²) in [6, 6.07) is 6.15. The molecule has 8 nitrogen and oxygen atoms in total. The highest BCUT2D eigenvalue weighted by Crippen LogP contribution is 2.18. The van der Waals surface area contributed by atoms with Crippen LogP contribution in [0.3, 0.4) is 0 Å². The van der Waals surface area contributed by atoms with Crippen molar-refractivity contribution in [3.63, 3.8) is 0 Å². The van der Waals surface area contributed by atoms with Gasteiger partial charge in [0.15, 0.2) is 0 Å². The molecule has 0 saturated carbocycles. The Morgan fingerprint density at radius 1 is 1.28 bits per heavy atom. The van der Waals surface area contributed by atoms with Crippen LogP contribution >= 0.6 is 0 Å². The number of nitrogens with one attached hydrogen (secondary N) is 1. The molecule has 2 atom stereocenters. The largest absolute Gasteiger partial charge is 0.480 e. The Morgan fingerprint density at radius 3 is 2.52 bits per heavy atom. The van der Waals surface area contributed by atoms with Crippen LogP contribution in [0.15, 0.2) is 30.3 Å². The molecule has 2 N–H and O–H groups in total. The maximum Gasteiger partial charge on any atom is 0.337 e. The first-order valence-corrected chi connectivity index (χ1v) is 9.48. The number of hydrogen-bond acceptors (Lipinski definition) is 5. The molecule has 1 aliphatic heterocycles. The number of carbonyl (C=O) groups excluding carboxylic acids is 2. The highest BCUT2D eigenvalue weighted by molar-refractivity contribution is 8.05.